The lowest BCUT2D eigenvalue weighted by Crippen LogP contribution is -2.04. The molecule has 1 heterocycles. The largest absolute Gasteiger partial charge is 0.383 e. The molecule has 3 rings (SSSR count). The summed E-state index contributed by atoms with van der Waals surface area (Å²) in [7, 11) is 0. The Morgan fingerprint density at radius 3 is 2.74 bits per heavy atom. The summed E-state index contributed by atoms with van der Waals surface area (Å²) in [4.78, 5) is 4.81. The number of nitrogen functional groups attached to an aromatic ring is 1. The maximum absolute atomic E-state index is 6.30. The molecule has 0 saturated heterocycles. The molecule has 1 saturated carbocycles. The van der Waals surface area contributed by atoms with Gasteiger partial charge in [0.05, 0.1) is 0 Å². The molecule has 0 unspecified atom stereocenters. The molecule has 3 nitrogen and oxygen atoms in total. The van der Waals surface area contributed by atoms with Gasteiger partial charge in [0.1, 0.15) is 17.3 Å². The number of nitrogens with two attached hydrogens (primary N) is 1. The average molecular weight is 320 g/mol. The normalized spacial score (nSPS) is 14.9. The minimum atomic E-state index is 0.611. The molecule has 0 amide bonds. The van der Waals surface area contributed by atoms with Crippen LogP contribution in [0, 0.1) is 6.92 Å². The highest BCUT2D eigenvalue weighted by molar-refractivity contribution is 9.10. The molecule has 2 aromatic rings. The topological polar surface area (TPSA) is 43.8 Å². The summed E-state index contributed by atoms with van der Waals surface area (Å²) >= 11 is 3.62. The van der Waals surface area contributed by atoms with Crippen molar-refractivity contribution < 1.29 is 0 Å². The average Bonchev–Trinajstić information content (AvgIpc) is 3.15. The molecule has 100 valence electrons. The van der Waals surface area contributed by atoms with Gasteiger partial charge in [0.2, 0.25) is 0 Å². The lowest BCUT2D eigenvalue weighted by Gasteiger charge is -2.06. The third kappa shape index (κ3) is 2.18. The third-order valence-corrected chi connectivity index (χ3v) is 4.33. The van der Waals surface area contributed by atoms with Gasteiger partial charge in [-0.1, -0.05) is 28.1 Å². The third-order valence-electron chi connectivity index (χ3n) is 3.67. The van der Waals surface area contributed by atoms with E-state index in [1.807, 2.05) is 0 Å². The van der Waals surface area contributed by atoms with E-state index in [1.165, 1.54) is 18.4 Å². The first-order valence-corrected chi connectivity index (χ1v) is 7.53. The van der Waals surface area contributed by atoms with Crippen molar-refractivity contribution in [2.75, 3.05) is 5.73 Å². The van der Waals surface area contributed by atoms with Crippen LogP contribution < -0.4 is 5.73 Å². The van der Waals surface area contributed by atoms with Gasteiger partial charge < -0.3 is 10.3 Å². The molecule has 2 N–H and O–H groups in total. The molecular formula is C15H18BrN3. The van der Waals surface area contributed by atoms with Gasteiger partial charge in [0, 0.05) is 22.5 Å². The minimum Gasteiger partial charge on any atom is -0.383 e. The second-order valence-corrected chi connectivity index (χ2v) is 6.06. The molecule has 0 radical (unpaired) electrons. The molecule has 1 fully saturated rings. The number of hydrogen-bond acceptors (Lipinski definition) is 2. The van der Waals surface area contributed by atoms with Gasteiger partial charge >= 0.3 is 0 Å². The Kier molecular flexibility index (Phi) is 3.13. The lowest BCUT2D eigenvalue weighted by atomic mass is 10.1. The van der Waals surface area contributed by atoms with E-state index in [9.17, 15) is 0 Å². The van der Waals surface area contributed by atoms with Crippen LogP contribution in [0.5, 0.6) is 0 Å². The summed E-state index contributed by atoms with van der Waals surface area (Å²) < 4.78 is 3.21. The van der Waals surface area contributed by atoms with E-state index in [-0.39, 0.29) is 0 Å². The van der Waals surface area contributed by atoms with E-state index < -0.39 is 0 Å². The number of aryl methyl sites for hydroxylation is 1. The summed E-state index contributed by atoms with van der Waals surface area (Å²) in [6.45, 7) is 5.09. The van der Waals surface area contributed by atoms with E-state index in [1.54, 1.807) is 0 Å². The second kappa shape index (κ2) is 4.67. The summed E-state index contributed by atoms with van der Waals surface area (Å²) in [5, 5.41) is 0. The SMILES string of the molecule is CCn1c(C2CC2)nc(-c2ccc(C)cc2Br)c1N. The van der Waals surface area contributed by atoms with Gasteiger partial charge in [-0.2, -0.15) is 0 Å². The van der Waals surface area contributed by atoms with Crippen LogP contribution in [0.15, 0.2) is 22.7 Å². The van der Waals surface area contributed by atoms with Crippen molar-refractivity contribution in [2.24, 2.45) is 0 Å². The standard InChI is InChI=1S/C15H18BrN3/c1-3-19-14(17)13(18-15(19)10-5-6-10)11-7-4-9(2)8-12(11)16/h4,7-8,10H,3,5-6,17H2,1-2H3. The fourth-order valence-corrected chi connectivity index (χ4v) is 3.16. The van der Waals surface area contributed by atoms with Crippen LogP contribution in [0.25, 0.3) is 11.3 Å². The molecule has 1 aromatic carbocycles. The molecule has 19 heavy (non-hydrogen) atoms. The van der Waals surface area contributed by atoms with E-state index in [2.05, 4.69) is 52.5 Å². The number of halogens is 1. The van der Waals surface area contributed by atoms with Crippen LogP contribution >= 0.6 is 15.9 Å². The molecule has 4 heteroatoms. The van der Waals surface area contributed by atoms with Crippen molar-refractivity contribution in [1.82, 2.24) is 9.55 Å². The molecule has 1 aromatic heterocycles. The van der Waals surface area contributed by atoms with E-state index in [0.29, 0.717) is 5.92 Å². The number of aromatic nitrogens is 2. The van der Waals surface area contributed by atoms with Crippen LogP contribution in [-0.4, -0.2) is 9.55 Å². The van der Waals surface area contributed by atoms with Gasteiger partial charge in [-0.3, -0.25) is 0 Å². The maximum atomic E-state index is 6.30. The maximum Gasteiger partial charge on any atom is 0.131 e. The van der Waals surface area contributed by atoms with Gasteiger partial charge in [0.15, 0.2) is 0 Å². The Labute approximate surface area is 122 Å². The number of rotatable bonds is 3. The number of hydrogen-bond donors (Lipinski definition) is 1. The predicted octanol–water partition coefficient (Wildman–Crippen LogP) is 4.10. The highest BCUT2D eigenvalue weighted by Crippen LogP contribution is 2.43. The van der Waals surface area contributed by atoms with Crippen molar-refractivity contribution in [3.05, 3.63) is 34.1 Å². The second-order valence-electron chi connectivity index (χ2n) is 5.21. The van der Waals surface area contributed by atoms with Crippen LogP contribution in [0.2, 0.25) is 0 Å². The highest BCUT2D eigenvalue weighted by atomic mass is 79.9. The van der Waals surface area contributed by atoms with Crippen LogP contribution in [0.1, 0.15) is 37.1 Å². The summed E-state index contributed by atoms with van der Waals surface area (Å²) in [5.41, 5.74) is 9.52. The van der Waals surface area contributed by atoms with Gasteiger partial charge in [0.25, 0.3) is 0 Å². The summed E-state index contributed by atoms with van der Waals surface area (Å²) in [6, 6.07) is 6.30. The lowest BCUT2D eigenvalue weighted by molar-refractivity contribution is 0.708. The van der Waals surface area contributed by atoms with Crippen molar-refractivity contribution in [1.29, 1.82) is 0 Å². The van der Waals surface area contributed by atoms with Crippen molar-refractivity contribution >= 4 is 21.7 Å². The number of anilines is 1. The Morgan fingerprint density at radius 1 is 1.42 bits per heavy atom. The number of nitrogens with zero attached hydrogens (tertiary/aromatic N) is 2. The molecule has 0 bridgehead atoms. The Hall–Kier alpha value is -1.29. The fraction of sp³-hybridized carbons (Fsp3) is 0.400. The Balaban J connectivity index is 2.14. The van der Waals surface area contributed by atoms with E-state index >= 15 is 0 Å². The molecule has 1 aliphatic rings. The summed E-state index contributed by atoms with van der Waals surface area (Å²) in [6.07, 6.45) is 2.48. The van der Waals surface area contributed by atoms with Crippen molar-refractivity contribution in [2.45, 2.75) is 39.2 Å². The monoisotopic (exact) mass is 319 g/mol. The van der Waals surface area contributed by atoms with Crippen molar-refractivity contribution in [3.8, 4) is 11.3 Å². The number of imidazole rings is 1. The van der Waals surface area contributed by atoms with Crippen molar-refractivity contribution in [3.63, 3.8) is 0 Å². The molecule has 0 spiro atoms. The molecule has 0 aliphatic heterocycles. The molecule has 1 aliphatic carbocycles. The van der Waals surface area contributed by atoms with Gasteiger partial charge in [-0.05, 0) is 38.3 Å². The zero-order valence-electron chi connectivity index (χ0n) is 11.3. The van der Waals surface area contributed by atoms with E-state index in [4.69, 9.17) is 10.7 Å². The minimum absolute atomic E-state index is 0.611. The first-order valence-electron chi connectivity index (χ1n) is 6.74. The molecule has 0 atom stereocenters. The fourth-order valence-electron chi connectivity index (χ4n) is 2.48. The predicted molar refractivity (Wildman–Crippen MR) is 82.2 cm³/mol. The highest BCUT2D eigenvalue weighted by Gasteiger charge is 2.30. The van der Waals surface area contributed by atoms with Crippen LogP contribution in [-0.2, 0) is 6.54 Å². The molecular weight excluding hydrogens is 302 g/mol. The zero-order chi connectivity index (χ0) is 13.6. The smallest absolute Gasteiger partial charge is 0.131 e. The first-order chi connectivity index (χ1) is 9.11. The van der Waals surface area contributed by atoms with Crippen LogP contribution in [0.3, 0.4) is 0 Å². The summed E-state index contributed by atoms with van der Waals surface area (Å²) in [5.74, 6) is 2.55. The first kappa shape index (κ1) is 12.7. The van der Waals surface area contributed by atoms with Gasteiger partial charge in [-0.25, -0.2) is 4.98 Å². The Bertz CT molecular complexity index is 627. The van der Waals surface area contributed by atoms with Gasteiger partial charge in [-0.15, -0.1) is 0 Å². The number of benzene rings is 1. The Morgan fingerprint density at radius 2 is 2.16 bits per heavy atom. The zero-order valence-corrected chi connectivity index (χ0v) is 12.9. The quantitative estimate of drug-likeness (QED) is 0.925. The van der Waals surface area contributed by atoms with E-state index in [0.717, 1.165) is 33.9 Å². The van der Waals surface area contributed by atoms with Crippen LogP contribution in [0.4, 0.5) is 5.82 Å².